The van der Waals surface area contributed by atoms with E-state index in [1.165, 1.54) is 0 Å². The Morgan fingerprint density at radius 3 is 2.58 bits per heavy atom. The summed E-state index contributed by atoms with van der Waals surface area (Å²) in [5.74, 6) is 0. The maximum absolute atomic E-state index is 10.3. The lowest BCUT2D eigenvalue weighted by atomic mass is 9.77. The summed E-state index contributed by atoms with van der Waals surface area (Å²) in [5, 5.41) is 11.4. The van der Waals surface area contributed by atoms with Crippen LogP contribution in [0.2, 0.25) is 0 Å². The van der Waals surface area contributed by atoms with E-state index in [1.807, 2.05) is 0 Å². The molecule has 0 spiro atoms. The number of hydrogen-bond acceptors (Lipinski definition) is 4. The largest absolute Gasteiger partial charge is 0.387 e. The first kappa shape index (κ1) is 14.9. The van der Waals surface area contributed by atoms with E-state index in [0.717, 1.165) is 41.3 Å². The highest BCUT2D eigenvalue weighted by Gasteiger charge is 2.38. The monoisotopic (exact) mass is 283 g/mol. The van der Waals surface area contributed by atoms with Crippen LogP contribution in [0, 0.1) is 5.41 Å². The molecule has 0 bridgehead atoms. The predicted octanol–water partition coefficient (Wildman–Crippen LogP) is 3.81. The summed E-state index contributed by atoms with van der Waals surface area (Å²) in [7, 11) is 1.76. The highest BCUT2D eigenvalue weighted by atomic mass is 32.1. The second kappa shape index (κ2) is 5.15. The number of rotatable bonds is 4. The molecular formula is C15H25NO2S. The van der Waals surface area contributed by atoms with Gasteiger partial charge < -0.3 is 9.84 Å². The second-order valence-electron chi connectivity index (χ2n) is 6.30. The van der Waals surface area contributed by atoms with Gasteiger partial charge in [-0.2, -0.15) is 0 Å². The molecular weight excluding hydrogens is 258 g/mol. The van der Waals surface area contributed by atoms with Gasteiger partial charge >= 0.3 is 0 Å². The number of ether oxygens (including phenoxy) is 1. The number of aromatic nitrogens is 1. The average molecular weight is 283 g/mol. The standard InChI is InChI=1S/C15H25NO2S/c1-6-15(7-2,18-5)13-16-10-8-14(3,4)9-11(17)12(10)19-13/h11,17H,6-9H2,1-5H3. The smallest absolute Gasteiger partial charge is 0.125 e. The van der Waals surface area contributed by atoms with E-state index in [0.29, 0.717) is 0 Å². The molecule has 1 atom stereocenters. The number of aliphatic hydroxyl groups is 1. The Hall–Kier alpha value is -0.450. The number of thiazole rings is 1. The van der Waals surface area contributed by atoms with Crippen LogP contribution in [0.3, 0.4) is 0 Å². The number of fused-ring (bicyclic) bond motifs is 1. The summed E-state index contributed by atoms with van der Waals surface area (Å²) in [4.78, 5) is 5.87. The Balaban J connectivity index is 2.42. The first-order chi connectivity index (χ1) is 8.87. The molecule has 1 aromatic rings. The second-order valence-corrected chi connectivity index (χ2v) is 7.33. The van der Waals surface area contributed by atoms with Crippen molar-refractivity contribution >= 4 is 11.3 Å². The van der Waals surface area contributed by atoms with Crippen LogP contribution in [0.1, 0.15) is 68.6 Å². The Morgan fingerprint density at radius 1 is 1.42 bits per heavy atom. The predicted molar refractivity (Wildman–Crippen MR) is 78.4 cm³/mol. The number of nitrogens with zero attached hydrogens (tertiary/aromatic N) is 1. The number of aliphatic hydroxyl groups excluding tert-OH is 1. The summed E-state index contributed by atoms with van der Waals surface area (Å²) in [6, 6.07) is 0. The fraction of sp³-hybridized carbons (Fsp3) is 0.800. The van der Waals surface area contributed by atoms with Crippen LogP contribution in [0.4, 0.5) is 0 Å². The molecule has 19 heavy (non-hydrogen) atoms. The fourth-order valence-corrected chi connectivity index (χ4v) is 4.39. The lowest BCUT2D eigenvalue weighted by Crippen LogP contribution is -2.27. The lowest BCUT2D eigenvalue weighted by molar-refractivity contribution is -0.0220. The van der Waals surface area contributed by atoms with Crippen molar-refractivity contribution in [3.8, 4) is 0 Å². The zero-order valence-electron chi connectivity index (χ0n) is 12.6. The van der Waals surface area contributed by atoms with Gasteiger partial charge in [-0.15, -0.1) is 11.3 Å². The summed E-state index contributed by atoms with van der Waals surface area (Å²) >= 11 is 1.64. The van der Waals surface area contributed by atoms with Crippen molar-refractivity contribution in [3.63, 3.8) is 0 Å². The molecule has 1 aromatic heterocycles. The van der Waals surface area contributed by atoms with Gasteiger partial charge in [0.05, 0.1) is 16.7 Å². The molecule has 0 saturated carbocycles. The van der Waals surface area contributed by atoms with Crippen LogP contribution in [0.25, 0.3) is 0 Å². The molecule has 108 valence electrons. The van der Waals surface area contributed by atoms with Crippen LogP contribution >= 0.6 is 11.3 Å². The van der Waals surface area contributed by atoms with Crippen LogP contribution in [0.5, 0.6) is 0 Å². The van der Waals surface area contributed by atoms with Crippen molar-refractivity contribution in [2.75, 3.05) is 7.11 Å². The van der Waals surface area contributed by atoms with Crippen molar-refractivity contribution < 1.29 is 9.84 Å². The number of methoxy groups -OCH3 is 1. The average Bonchev–Trinajstić information content (AvgIpc) is 2.75. The molecule has 1 unspecified atom stereocenters. The summed E-state index contributed by atoms with van der Waals surface area (Å²) in [5.41, 5.74) is 0.921. The van der Waals surface area contributed by atoms with Gasteiger partial charge in [-0.25, -0.2) is 4.98 Å². The molecule has 0 fully saturated rings. The first-order valence-electron chi connectivity index (χ1n) is 7.10. The zero-order chi connectivity index (χ0) is 14.3. The minimum Gasteiger partial charge on any atom is -0.387 e. The molecule has 1 heterocycles. The van der Waals surface area contributed by atoms with Crippen LogP contribution in [-0.4, -0.2) is 17.2 Å². The van der Waals surface area contributed by atoms with Gasteiger partial charge in [0.15, 0.2) is 0 Å². The summed E-state index contributed by atoms with van der Waals surface area (Å²) < 4.78 is 5.75. The third-order valence-corrected chi connectivity index (χ3v) is 5.73. The Bertz CT molecular complexity index is 441. The van der Waals surface area contributed by atoms with Crippen molar-refractivity contribution in [3.05, 3.63) is 15.6 Å². The van der Waals surface area contributed by atoms with Crippen LogP contribution in [0.15, 0.2) is 0 Å². The molecule has 0 saturated heterocycles. The Morgan fingerprint density at radius 2 is 2.05 bits per heavy atom. The molecule has 1 aliphatic carbocycles. The molecule has 3 nitrogen and oxygen atoms in total. The summed E-state index contributed by atoms with van der Waals surface area (Å²) in [6.45, 7) is 8.66. The number of hydrogen-bond donors (Lipinski definition) is 1. The van der Waals surface area contributed by atoms with E-state index in [-0.39, 0.29) is 17.1 Å². The van der Waals surface area contributed by atoms with Gasteiger partial charge in [0, 0.05) is 7.11 Å². The molecule has 0 radical (unpaired) electrons. The maximum atomic E-state index is 10.3. The Kier molecular flexibility index (Phi) is 4.05. The lowest BCUT2D eigenvalue weighted by Gasteiger charge is -2.31. The van der Waals surface area contributed by atoms with E-state index in [2.05, 4.69) is 27.7 Å². The van der Waals surface area contributed by atoms with E-state index >= 15 is 0 Å². The van der Waals surface area contributed by atoms with E-state index in [9.17, 15) is 5.11 Å². The molecule has 0 aliphatic heterocycles. The zero-order valence-corrected chi connectivity index (χ0v) is 13.4. The molecule has 0 aromatic carbocycles. The van der Waals surface area contributed by atoms with Gasteiger partial charge in [-0.1, -0.05) is 27.7 Å². The third-order valence-electron chi connectivity index (χ3n) is 4.34. The van der Waals surface area contributed by atoms with Gasteiger partial charge in [0.1, 0.15) is 10.6 Å². The molecule has 0 amide bonds. The first-order valence-corrected chi connectivity index (χ1v) is 7.92. The van der Waals surface area contributed by atoms with E-state index in [1.54, 1.807) is 18.4 Å². The van der Waals surface area contributed by atoms with Crippen molar-refractivity contribution in [2.24, 2.45) is 5.41 Å². The quantitative estimate of drug-likeness (QED) is 0.913. The van der Waals surface area contributed by atoms with E-state index < -0.39 is 0 Å². The molecule has 4 heteroatoms. The van der Waals surface area contributed by atoms with Crippen molar-refractivity contribution in [1.29, 1.82) is 0 Å². The van der Waals surface area contributed by atoms with Gasteiger partial charge in [-0.3, -0.25) is 0 Å². The molecule has 2 rings (SSSR count). The highest BCUT2D eigenvalue weighted by Crippen LogP contribution is 2.46. The van der Waals surface area contributed by atoms with Gasteiger partial charge in [0.25, 0.3) is 0 Å². The molecule has 1 aliphatic rings. The van der Waals surface area contributed by atoms with E-state index in [4.69, 9.17) is 9.72 Å². The van der Waals surface area contributed by atoms with Crippen molar-refractivity contribution in [1.82, 2.24) is 4.98 Å². The van der Waals surface area contributed by atoms with Crippen LogP contribution < -0.4 is 0 Å². The van der Waals surface area contributed by atoms with Gasteiger partial charge in [0.2, 0.25) is 0 Å². The van der Waals surface area contributed by atoms with Crippen molar-refractivity contribution in [2.45, 2.75) is 65.1 Å². The summed E-state index contributed by atoms with van der Waals surface area (Å²) in [6.07, 6.45) is 3.22. The Labute approximate surface area is 120 Å². The normalized spacial score (nSPS) is 22.3. The topological polar surface area (TPSA) is 42.4 Å². The highest BCUT2D eigenvalue weighted by molar-refractivity contribution is 7.12. The maximum Gasteiger partial charge on any atom is 0.125 e. The minimum atomic E-state index is -0.367. The third kappa shape index (κ3) is 2.58. The molecule has 1 N–H and O–H groups in total. The van der Waals surface area contributed by atoms with Gasteiger partial charge in [-0.05, 0) is 31.1 Å². The fourth-order valence-electron chi connectivity index (χ4n) is 3.02. The SMILES string of the molecule is CCC(CC)(OC)c1nc2c(s1)C(O)CC(C)(C)C2. The minimum absolute atomic E-state index is 0.131. The van der Waals surface area contributed by atoms with Crippen LogP contribution in [-0.2, 0) is 16.8 Å².